The first-order valence-corrected chi connectivity index (χ1v) is 1.87. The van der Waals surface area contributed by atoms with E-state index in [2.05, 4.69) is 0 Å². The normalized spacial score (nSPS) is 71.0. The van der Waals surface area contributed by atoms with Crippen LogP contribution in [0.25, 0.3) is 0 Å². The van der Waals surface area contributed by atoms with Gasteiger partial charge in [0.15, 0.2) is 0 Å². The first-order valence-electron chi connectivity index (χ1n) is 7.37. The quantitative estimate of drug-likeness (QED) is 0.433. The Kier molecular flexibility index (Phi) is 0.274. The van der Waals surface area contributed by atoms with Crippen LogP contribution in [-0.2, 0) is 4.79 Å². The second kappa shape index (κ2) is 2.27. The number of piperidine rings is 1. The average Bonchev–Trinajstić information content (AvgIpc) is 2.10. The van der Waals surface area contributed by atoms with Crippen LogP contribution in [0.1, 0.15) is 27.8 Å². The third kappa shape index (κ3) is 1.30. The SMILES string of the molecule is [2H]C1([2H])C(=O)C([2H])([2H])C([2H])([2H])C([2H])([2H])N1[13C]([2H])([2H])[2H]. The van der Waals surface area contributed by atoms with Gasteiger partial charge >= 0.3 is 0 Å². The van der Waals surface area contributed by atoms with Crippen molar-refractivity contribution in [1.82, 2.24) is 4.90 Å². The van der Waals surface area contributed by atoms with E-state index in [1.54, 1.807) is 0 Å². The van der Waals surface area contributed by atoms with Crippen LogP contribution in [0.5, 0.6) is 0 Å². The molecule has 1 rings (SSSR count). The predicted octanol–water partition coefficient (Wildman–Crippen LogP) is 0.281. The van der Waals surface area contributed by atoms with Crippen molar-refractivity contribution in [3.63, 3.8) is 0 Å². The Bertz CT molecular complexity index is 410. The molecular formula is C6H11NO. The minimum absolute atomic E-state index is 0.531. The van der Waals surface area contributed by atoms with E-state index in [9.17, 15) is 4.79 Å². The number of rotatable bonds is 0. The van der Waals surface area contributed by atoms with Crippen LogP contribution in [0.3, 0.4) is 0 Å². The summed E-state index contributed by atoms with van der Waals surface area (Å²) in [6.45, 7) is -10.5. The number of carbonyl (C=O) groups excluding carboxylic acids is 1. The van der Waals surface area contributed by atoms with Crippen LogP contribution in [0.4, 0.5) is 0 Å². The summed E-state index contributed by atoms with van der Waals surface area (Å²) in [5, 5.41) is 0. The molecule has 46 valence electrons. The summed E-state index contributed by atoms with van der Waals surface area (Å²) in [4.78, 5) is 11.1. The van der Waals surface area contributed by atoms with Crippen molar-refractivity contribution in [2.45, 2.75) is 12.7 Å². The third-order valence-corrected chi connectivity index (χ3v) is 0.557. The number of hydrogen-bond acceptors (Lipinski definition) is 2. The average molecular weight is 125 g/mol. The summed E-state index contributed by atoms with van der Waals surface area (Å²) in [5.41, 5.74) is 0. The van der Waals surface area contributed by atoms with Gasteiger partial charge in [-0.05, 0) is 19.8 Å². The van der Waals surface area contributed by atoms with Gasteiger partial charge in [0.05, 0.1) is 9.24 Å². The monoisotopic (exact) mass is 125 g/mol. The Hall–Kier alpha value is -0.370. The number of Topliss-reactive ketones (excluding diaryl/α,β-unsaturated/α-hetero) is 1. The molecule has 2 nitrogen and oxygen atoms in total. The van der Waals surface area contributed by atoms with E-state index in [0.29, 0.717) is 0 Å². The summed E-state index contributed by atoms with van der Waals surface area (Å²) in [7, 11) is 0. The number of likely N-dealkylation sites (N-methyl/N-ethyl adjacent to an activating group) is 1. The number of carbonyl (C=O) groups is 1. The largest absolute Gasteiger partial charge is 0.299 e. The molecule has 8 heavy (non-hydrogen) atoms. The van der Waals surface area contributed by atoms with Crippen molar-refractivity contribution in [1.29, 1.82) is 0 Å². The summed E-state index contributed by atoms with van der Waals surface area (Å²) in [5.74, 6) is -1.96. The Balaban J connectivity index is 3.64. The smallest absolute Gasteiger partial charge is 0.146 e. The molecule has 0 atom stereocenters. The Morgan fingerprint density at radius 3 is 3.62 bits per heavy atom. The maximum absolute atomic E-state index is 11.7. The number of nitrogens with zero attached hydrogens (tertiary/aromatic N) is 1. The molecule has 0 unspecified atom stereocenters. The van der Waals surface area contributed by atoms with Crippen LogP contribution in [0.15, 0.2) is 0 Å². The summed E-state index contributed by atoms with van der Waals surface area (Å²) in [6.07, 6.45) is -7.03. The van der Waals surface area contributed by atoms with E-state index in [1.807, 2.05) is 0 Å². The van der Waals surface area contributed by atoms with Gasteiger partial charge in [0, 0.05) is 18.7 Å². The van der Waals surface area contributed by atoms with Crippen molar-refractivity contribution < 1.29 is 19.9 Å². The van der Waals surface area contributed by atoms with Gasteiger partial charge < -0.3 is 0 Å². The molecule has 0 aromatic carbocycles. The second-order valence-electron chi connectivity index (χ2n) is 1.14. The molecule has 1 heterocycles. The molecule has 1 aliphatic rings. The molecular weight excluding hydrogens is 103 g/mol. The maximum Gasteiger partial charge on any atom is 0.146 e. The van der Waals surface area contributed by atoms with E-state index in [1.165, 1.54) is 0 Å². The summed E-state index contributed by atoms with van der Waals surface area (Å²) >= 11 is 0. The fourth-order valence-electron chi connectivity index (χ4n) is 0.298. The molecule has 1 saturated heterocycles. The maximum atomic E-state index is 11.7. The van der Waals surface area contributed by atoms with Gasteiger partial charge in [0.2, 0.25) is 0 Å². The molecule has 1 aliphatic heterocycles. The van der Waals surface area contributed by atoms with E-state index in [4.69, 9.17) is 15.1 Å². The topological polar surface area (TPSA) is 20.3 Å². The number of likely N-dealkylation sites (tertiary alicyclic amines) is 1. The highest BCUT2D eigenvalue weighted by atomic mass is 16.1. The van der Waals surface area contributed by atoms with Crippen molar-refractivity contribution in [3.05, 3.63) is 0 Å². The van der Waals surface area contributed by atoms with Crippen LogP contribution >= 0.6 is 0 Å². The van der Waals surface area contributed by atoms with Gasteiger partial charge in [-0.25, -0.2) is 0 Å². The van der Waals surface area contributed by atoms with E-state index < -0.39 is 43.4 Å². The fraction of sp³-hybridized carbons (Fsp3) is 0.833. The number of ketones is 1. The van der Waals surface area contributed by atoms with Gasteiger partial charge in [-0.3, -0.25) is 9.69 Å². The van der Waals surface area contributed by atoms with Crippen LogP contribution in [0.2, 0.25) is 0 Å². The standard InChI is InChI=1S/C6H11NO/c1-7-4-2-3-6(8)5-7/h2-5H2,1H3/i1+1D3,2D2,3D2,4D2,5D2. The van der Waals surface area contributed by atoms with E-state index in [0.717, 1.165) is 0 Å². The zero-order valence-electron chi connectivity index (χ0n) is 14.9. The summed E-state index contributed by atoms with van der Waals surface area (Å²) < 4.78 is 80.2. The first kappa shape index (κ1) is 0.966. The molecule has 0 aliphatic carbocycles. The molecule has 1 fully saturated rings. The highest BCUT2D eigenvalue weighted by Crippen LogP contribution is 2.01. The first-order chi connectivity index (χ1) is 8.02. The Morgan fingerprint density at radius 1 is 2.00 bits per heavy atom. The van der Waals surface area contributed by atoms with Crippen molar-refractivity contribution in [2.75, 3.05) is 20.0 Å². The van der Waals surface area contributed by atoms with Crippen molar-refractivity contribution >= 4 is 5.78 Å². The van der Waals surface area contributed by atoms with E-state index in [-0.39, 0.29) is 0 Å². The molecule has 0 aromatic rings. The second-order valence-corrected chi connectivity index (χ2v) is 1.14. The Morgan fingerprint density at radius 2 is 2.88 bits per heavy atom. The zero-order valence-corrected chi connectivity index (χ0v) is 3.86. The fourth-order valence-corrected chi connectivity index (χ4v) is 0.298. The highest BCUT2D eigenvalue weighted by Gasteiger charge is 2.11. The van der Waals surface area contributed by atoms with Gasteiger partial charge in [0.1, 0.15) is 5.78 Å². The van der Waals surface area contributed by atoms with Gasteiger partial charge in [0.25, 0.3) is 0 Å². The molecule has 0 aromatic heterocycles. The molecule has 0 saturated carbocycles. The van der Waals surface area contributed by atoms with Gasteiger partial charge in [-0.1, -0.05) is 0 Å². The molecule has 0 radical (unpaired) electrons. The Labute approximate surface area is 64.9 Å². The van der Waals surface area contributed by atoms with Crippen LogP contribution in [0, 0.1) is 0 Å². The van der Waals surface area contributed by atoms with Gasteiger partial charge in [-0.2, -0.15) is 0 Å². The lowest BCUT2D eigenvalue weighted by molar-refractivity contribution is -0.121. The highest BCUT2D eigenvalue weighted by molar-refractivity contribution is 5.80. The van der Waals surface area contributed by atoms with Crippen molar-refractivity contribution in [2.24, 2.45) is 0 Å². The lowest BCUT2D eigenvalue weighted by atomic mass is 10.1. The lowest BCUT2D eigenvalue weighted by Crippen LogP contribution is -2.31. The molecule has 0 amide bonds. The van der Waals surface area contributed by atoms with Crippen LogP contribution < -0.4 is 0 Å². The lowest BCUT2D eigenvalue weighted by Gasteiger charge is -2.19. The molecule has 0 spiro atoms. The number of hydrogen-bond donors (Lipinski definition) is 0. The minimum atomic E-state index is -3.54. The summed E-state index contributed by atoms with van der Waals surface area (Å²) in [6, 6.07) is 0. The molecule has 0 bridgehead atoms. The van der Waals surface area contributed by atoms with Crippen molar-refractivity contribution in [3.8, 4) is 0 Å². The van der Waals surface area contributed by atoms with Gasteiger partial charge in [-0.15, -0.1) is 0 Å². The third-order valence-electron chi connectivity index (χ3n) is 0.557. The van der Waals surface area contributed by atoms with E-state index >= 15 is 0 Å². The molecule has 2 heteroatoms. The molecule has 0 N–H and O–H groups in total. The zero-order chi connectivity index (χ0) is 15.7. The minimum Gasteiger partial charge on any atom is -0.299 e. The predicted molar refractivity (Wildman–Crippen MR) is 31.7 cm³/mol. The van der Waals surface area contributed by atoms with Crippen LogP contribution in [-0.4, -0.2) is 30.7 Å².